The van der Waals surface area contributed by atoms with E-state index in [2.05, 4.69) is 45.0 Å². The van der Waals surface area contributed by atoms with E-state index in [1.54, 1.807) is 0 Å². The van der Waals surface area contributed by atoms with E-state index in [0.29, 0.717) is 23.8 Å². The highest BCUT2D eigenvalue weighted by Crippen LogP contribution is 2.45. The molecule has 0 aliphatic heterocycles. The first-order chi connectivity index (χ1) is 6.61. The zero-order valence-electron chi connectivity index (χ0n) is 9.20. The van der Waals surface area contributed by atoms with Gasteiger partial charge in [0.05, 0.1) is 0 Å². The second kappa shape index (κ2) is 3.39. The van der Waals surface area contributed by atoms with Gasteiger partial charge in [-0.3, -0.25) is 0 Å². The number of nitrogens with two attached hydrogens (primary N) is 1. The molecule has 0 spiro atoms. The zero-order chi connectivity index (χ0) is 10.3. The van der Waals surface area contributed by atoms with Crippen LogP contribution in [0.25, 0.3) is 0 Å². The molecular weight excluding hydrogens is 170 g/mol. The predicted octanol–water partition coefficient (Wildman–Crippen LogP) is 2.87. The van der Waals surface area contributed by atoms with Gasteiger partial charge in [-0.2, -0.15) is 0 Å². The zero-order valence-corrected chi connectivity index (χ0v) is 9.20. The first-order valence-electron chi connectivity index (χ1n) is 5.46. The lowest BCUT2D eigenvalue weighted by Gasteiger charge is -2.06. The third kappa shape index (κ3) is 1.57. The van der Waals surface area contributed by atoms with Crippen LogP contribution in [0.3, 0.4) is 0 Å². The highest BCUT2D eigenvalue weighted by molar-refractivity contribution is 5.33. The van der Waals surface area contributed by atoms with Crippen LogP contribution < -0.4 is 5.73 Å². The molecule has 1 aromatic carbocycles. The number of benzene rings is 1. The second-order valence-electron chi connectivity index (χ2n) is 4.78. The molecule has 1 aliphatic rings. The molecule has 1 saturated carbocycles. The summed E-state index contributed by atoms with van der Waals surface area (Å²) in [6, 6.07) is 9.34. The van der Waals surface area contributed by atoms with Crippen molar-refractivity contribution in [2.45, 2.75) is 38.6 Å². The Bertz CT molecular complexity index is 305. The maximum absolute atomic E-state index is 5.94. The van der Waals surface area contributed by atoms with E-state index < -0.39 is 0 Å². The monoisotopic (exact) mass is 189 g/mol. The summed E-state index contributed by atoms with van der Waals surface area (Å²) >= 11 is 0. The third-order valence-electron chi connectivity index (χ3n) is 3.44. The van der Waals surface area contributed by atoms with Crippen molar-refractivity contribution in [3.8, 4) is 0 Å². The standard InChI is InChI=1S/C13H19N/c1-8(2)10-4-6-11(7-5-10)12-9(3)13(12)14/h4-9,12-13H,14H2,1-3H3/t9-,12-,13-/m1/s1. The van der Waals surface area contributed by atoms with Crippen molar-refractivity contribution in [1.29, 1.82) is 0 Å². The van der Waals surface area contributed by atoms with Gasteiger partial charge in [0.25, 0.3) is 0 Å². The van der Waals surface area contributed by atoms with Crippen LogP contribution in [0.5, 0.6) is 0 Å². The molecule has 1 fully saturated rings. The van der Waals surface area contributed by atoms with Crippen molar-refractivity contribution >= 4 is 0 Å². The summed E-state index contributed by atoms with van der Waals surface area (Å²) in [4.78, 5) is 0. The predicted molar refractivity (Wildman–Crippen MR) is 60.4 cm³/mol. The summed E-state index contributed by atoms with van der Waals surface area (Å²) in [7, 11) is 0. The second-order valence-corrected chi connectivity index (χ2v) is 4.78. The van der Waals surface area contributed by atoms with Crippen LogP contribution in [0.15, 0.2) is 24.3 Å². The van der Waals surface area contributed by atoms with Crippen molar-refractivity contribution in [1.82, 2.24) is 0 Å². The SMILES string of the molecule is CC(C)c1ccc([C@H]2[C@@H](C)[C@H]2N)cc1. The topological polar surface area (TPSA) is 26.0 Å². The summed E-state index contributed by atoms with van der Waals surface area (Å²) in [6.45, 7) is 6.67. The Balaban J connectivity index is 2.15. The fourth-order valence-electron chi connectivity index (χ4n) is 2.12. The van der Waals surface area contributed by atoms with Gasteiger partial charge in [-0.15, -0.1) is 0 Å². The molecule has 0 amide bonds. The molecule has 14 heavy (non-hydrogen) atoms. The van der Waals surface area contributed by atoms with E-state index in [9.17, 15) is 0 Å². The molecule has 0 unspecified atom stereocenters. The van der Waals surface area contributed by atoms with Gasteiger partial charge in [0.15, 0.2) is 0 Å². The smallest absolute Gasteiger partial charge is 0.0143 e. The lowest BCUT2D eigenvalue weighted by Crippen LogP contribution is -2.02. The Morgan fingerprint density at radius 3 is 2.00 bits per heavy atom. The van der Waals surface area contributed by atoms with Gasteiger partial charge < -0.3 is 5.73 Å². The Kier molecular flexibility index (Phi) is 2.36. The molecule has 1 heteroatoms. The van der Waals surface area contributed by atoms with Crippen LogP contribution in [0.1, 0.15) is 43.7 Å². The van der Waals surface area contributed by atoms with Crippen LogP contribution in [0, 0.1) is 5.92 Å². The van der Waals surface area contributed by atoms with E-state index in [4.69, 9.17) is 5.73 Å². The molecule has 1 aliphatic carbocycles. The van der Waals surface area contributed by atoms with Crippen molar-refractivity contribution in [2.75, 3.05) is 0 Å². The third-order valence-corrected chi connectivity index (χ3v) is 3.44. The van der Waals surface area contributed by atoms with Gasteiger partial charge in [-0.1, -0.05) is 45.0 Å². The molecule has 0 bridgehead atoms. The molecular formula is C13H19N. The number of hydrogen-bond donors (Lipinski definition) is 1. The molecule has 3 atom stereocenters. The average molecular weight is 189 g/mol. The molecule has 0 saturated heterocycles. The van der Waals surface area contributed by atoms with E-state index in [1.807, 2.05) is 0 Å². The minimum absolute atomic E-state index is 0.389. The van der Waals surface area contributed by atoms with Crippen LogP contribution in [-0.4, -0.2) is 6.04 Å². The van der Waals surface area contributed by atoms with E-state index in [1.165, 1.54) is 11.1 Å². The Hall–Kier alpha value is -0.820. The van der Waals surface area contributed by atoms with Gasteiger partial charge in [0, 0.05) is 12.0 Å². The normalized spacial score (nSPS) is 30.8. The van der Waals surface area contributed by atoms with Crippen LogP contribution in [0.2, 0.25) is 0 Å². The van der Waals surface area contributed by atoms with Crippen molar-refractivity contribution in [3.05, 3.63) is 35.4 Å². The Labute approximate surface area is 86.3 Å². The Morgan fingerprint density at radius 2 is 1.64 bits per heavy atom. The highest BCUT2D eigenvalue weighted by atomic mass is 14.8. The molecule has 1 aromatic rings. The maximum Gasteiger partial charge on any atom is 0.0143 e. The van der Waals surface area contributed by atoms with E-state index >= 15 is 0 Å². The summed E-state index contributed by atoms with van der Waals surface area (Å²) in [5.74, 6) is 1.89. The quantitative estimate of drug-likeness (QED) is 0.760. The lowest BCUT2D eigenvalue weighted by atomic mass is 10.00. The minimum Gasteiger partial charge on any atom is -0.327 e. The summed E-state index contributed by atoms with van der Waals surface area (Å²) in [5.41, 5.74) is 8.76. The van der Waals surface area contributed by atoms with E-state index in [-0.39, 0.29) is 0 Å². The van der Waals surface area contributed by atoms with Gasteiger partial charge >= 0.3 is 0 Å². The van der Waals surface area contributed by atoms with Gasteiger partial charge in [0.2, 0.25) is 0 Å². The van der Waals surface area contributed by atoms with Crippen LogP contribution in [-0.2, 0) is 0 Å². The molecule has 2 N–H and O–H groups in total. The first-order valence-corrected chi connectivity index (χ1v) is 5.46. The van der Waals surface area contributed by atoms with Crippen LogP contribution in [0.4, 0.5) is 0 Å². The largest absolute Gasteiger partial charge is 0.327 e. The highest BCUT2D eigenvalue weighted by Gasteiger charge is 2.44. The molecule has 1 nitrogen and oxygen atoms in total. The van der Waals surface area contributed by atoms with Crippen LogP contribution >= 0.6 is 0 Å². The van der Waals surface area contributed by atoms with E-state index in [0.717, 1.165) is 0 Å². The maximum atomic E-state index is 5.94. The molecule has 0 heterocycles. The van der Waals surface area contributed by atoms with Gasteiger partial charge in [0.1, 0.15) is 0 Å². The minimum atomic E-state index is 0.389. The molecule has 0 radical (unpaired) electrons. The van der Waals surface area contributed by atoms with Gasteiger partial charge in [-0.25, -0.2) is 0 Å². The molecule has 76 valence electrons. The van der Waals surface area contributed by atoms with Gasteiger partial charge in [-0.05, 0) is 23.0 Å². The first kappa shape index (κ1) is 9.72. The van der Waals surface area contributed by atoms with Crippen molar-refractivity contribution < 1.29 is 0 Å². The lowest BCUT2D eigenvalue weighted by molar-refractivity contribution is 0.861. The summed E-state index contributed by atoms with van der Waals surface area (Å²) < 4.78 is 0. The van der Waals surface area contributed by atoms with Crippen molar-refractivity contribution in [3.63, 3.8) is 0 Å². The molecule has 0 aromatic heterocycles. The average Bonchev–Trinajstić information content (AvgIpc) is 2.75. The fraction of sp³-hybridized carbons (Fsp3) is 0.538. The van der Waals surface area contributed by atoms with Crippen molar-refractivity contribution in [2.24, 2.45) is 11.7 Å². The fourth-order valence-corrected chi connectivity index (χ4v) is 2.12. The Morgan fingerprint density at radius 1 is 1.14 bits per heavy atom. The summed E-state index contributed by atoms with van der Waals surface area (Å²) in [6.07, 6.45) is 0. The number of rotatable bonds is 2. The molecule has 2 rings (SSSR count). The number of hydrogen-bond acceptors (Lipinski definition) is 1. The summed E-state index contributed by atoms with van der Waals surface area (Å²) in [5, 5.41) is 0.